The van der Waals surface area contributed by atoms with Gasteiger partial charge < -0.3 is 5.11 Å². The van der Waals surface area contributed by atoms with E-state index in [0.29, 0.717) is 5.56 Å². The monoisotopic (exact) mass is 241 g/mol. The summed E-state index contributed by atoms with van der Waals surface area (Å²) < 4.78 is 24.5. The Morgan fingerprint density at radius 2 is 2.14 bits per heavy atom. The molecule has 1 N–H and O–H groups in total. The minimum Gasteiger partial charge on any atom is -0.392 e. The van der Waals surface area contributed by atoms with Gasteiger partial charge in [-0.2, -0.15) is 0 Å². The van der Waals surface area contributed by atoms with Gasteiger partial charge in [0.2, 0.25) is 0 Å². The fourth-order valence-electron chi connectivity index (χ4n) is 1.01. The van der Waals surface area contributed by atoms with Crippen LogP contribution in [0, 0.1) is 0 Å². The van der Waals surface area contributed by atoms with Crippen LogP contribution in [-0.4, -0.2) is 10.1 Å². The fourth-order valence-corrected chi connectivity index (χ4v) is 1.66. The van der Waals surface area contributed by atoms with Gasteiger partial charge in [-0.3, -0.25) is 0 Å². The fraction of sp³-hybridized carbons (Fsp3) is 0.375. The molecule has 0 atom stereocenters. The molecular weight excluding hydrogens is 235 g/mol. The van der Waals surface area contributed by atoms with E-state index >= 15 is 0 Å². The van der Waals surface area contributed by atoms with Crippen LogP contribution in [0.2, 0.25) is 5.15 Å². The van der Waals surface area contributed by atoms with Crippen molar-refractivity contribution in [3.8, 4) is 0 Å². The lowest BCUT2D eigenvalue weighted by molar-refractivity contribution is 0.145. The van der Waals surface area contributed by atoms with Crippen LogP contribution >= 0.6 is 23.2 Å². The number of aliphatic hydroxyl groups excluding tert-OH is 1. The number of nitrogens with zero attached hydrogens (tertiary/aromatic N) is 1. The lowest BCUT2D eigenvalue weighted by Crippen LogP contribution is -2.00. The molecule has 0 aliphatic rings. The number of aromatic nitrogens is 1. The molecule has 14 heavy (non-hydrogen) atoms. The summed E-state index contributed by atoms with van der Waals surface area (Å²) in [6, 6.07) is 1.11. The van der Waals surface area contributed by atoms with E-state index in [1.54, 1.807) is 0 Å². The number of rotatable bonds is 3. The minimum atomic E-state index is -2.71. The van der Waals surface area contributed by atoms with Crippen LogP contribution in [0.25, 0.3) is 0 Å². The summed E-state index contributed by atoms with van der Waals surface area (Å²) in [6.07, 6.45) is -2.71. The summed E-state index contributed by atoms with van der Waals surface area (Å²) in [5.74, 6) is 0.0330. The number of pyridine rings is 1. The first kappa shape index (κ1) is 11.6. The van der Waals surface area contributed by atoms with Crippen LogP contribution in [0.3, 0.4) is 0 Å². The van der Waals surface area contributed by atoms with Crippen molar-refractivity contribution < 1.29 is 13.9 Å². The second-order valence-electron chi connectivity index (χ2n) is 2.57. The highest BCUT2D eigenvalue weighted by Gasteiger charge is 2.15. The first-order valence-electron chi connectivity index (χ1n) is 3.73. The Balaban J connectivity index is 3.24. The second-order valence-corrected chi connectivity index (χ2v) is 3.19. The first-order valence-corrected chi connectivity index (χ1v) is 4.64. The Kier molecular flexibility index (Phi) is 4.04. The molecule has 0 aliphatic carbocycles. The van der Waals surface area contributed by atoms with E-state index in [-0.39, 0.29) is 23.2 Å². The van der Waals surface area contributed by atoms with Gasteiger partial charge in [-0.25, -0.2) is 13.8 Å². The zero-order chi connectivity index (χ0) is 10.7. The van der Waals surface area contributed by atoms with Gasteiger partial charge in [0.1, 0.15) is 10.8 Å². The van der Waals surface area contributed by atoms with Gasteiger partial charge in [0.15, 0.2) is 0 Å². The molecule has 1 aromatic rings. The zero-order valence-electron chi connectivity index (χ0n) is 6.98. The van der Waals surface area contributed by atoms with Crippen LogP contribution in [0.5, 0.6) is 0 Å². The Hall–Kier alpha value is -0.450. The maximum atomic E-state index is 12.3. The highest BCUT2D eigenvalue weighted by Crippen LogP contribution is 2.26. The molecule has 0 saturated heterocycles. The second kappa shape index (κ2) is 4.87. The van der Waals surface area contributed by atoms with Gasteiger partial charge in [-0.15, -0.1) is 11.6 Å². The summed E-state index contributed by atoms with van der Waals surface area (Å²) in [5, 5.41) is 8.81. The summed E-state index contributed by atoms with van der Waals surface area (Å²) in [5.41, 5.74) is 0.225. The molecule has 0 bridgehead atoms. The van der Waals surface area contributed by atoms with Gasteiger partial charge in [0.05, 0.1) is 12.5 Å². The van der Waals surface area contributed by atoms with Gasteiger partial charge in [-0.1, -0.05) is 11.6 Å². The standard InChI is InChI=1S/C8H7Cl2F2NO/c9-2-5-4(3-14)1-6(8(11)12)13-7(5)10/h1,8,14H,2-3H2. The summed E-state index contributed by atoms with van der Waals surface area (Å²) >= 11 is 11.1. The normalized spacial score (nSPS) is 11.0. The number of hydrogen-bond acceptors (Lipinski definition) is 2. The third-order valence-corrected chi connectivity index (χ3v) is 2.29. The molecule has 1 aromatic heterocycles. The van der Waals surface area contributed by atoms with Crippen molar-refractivity contribution in [3.63, 3.8) is 0 Å². The van der Waals surface area contributed by atoms with E-state index in [4.69, 9.17) is 28.3 Å². The summed E-state index contributed by atoms with van der Waals surface area (Å²) in [6.45, 7) is -0.385. The Bertz CT molecular complexity index is 333. The van der Waals surface area contributed by atoms with Gasteiger partial charge >= 0.3 is 0 Å². The molecule has 0 fully saturated rings. The SMILES string of the molecule is OCc1cc(C(F)F)nc(Cl)c1CCl. The molecule has 0 saturated carbocycles. The van der Waals surface area contributed by atoms with Crippen LogP contribution in [0.4, 0.5) is 8.78 Å². The van der Waals surface area contributed by atoms with Gasteiger partial charge in [0.25, 0.3) is 6.43 Å². The lowest BCUT2D eigenvalue weighted by atomic mass is 10.1. The van der Waals surface area contributed by atoms with E-state index in [9.17, 15) is 8.78 Å². The molecular formula is C8H7Cl2F2NO. The third-order valence-electron chi connectivity index (χ3n) is 1.71. The largest absolute Gasteiger partial charge is 0.392 e. The average molecular weight is 242 g/mol. The number of halogens is 4. The Labute approximate surface area is 89.5 Å². The summed E-state index contributed by atoms with van der Waals surface area (Å²) in [7, 11) is 0. The molecule has 0 unspecified atom stereocenters. The van der Waals surface area contributed by atoms with Crippen LogP contribution in [0.1, 0.15) is 23.2 Å². The maximum absolute atomic E-state index is 12.3. The first-order chi connectivity index (χ1) is 6.60. The zero-order valence-corrected chi connectivity index (χ0v) is 8.49. The van der Waals surface area contributed by atoms with Crippen molar-refractivity contribution in [2.24, 2.45) is 0 Å². The predicted molar refractivity (Wildman–Crippen MR) is 49.7 cm³/mol. The van der Waals surface area contributed by atoms with Crippen molar-refractivity contribution in [3.05, 3.63) is 28.0 Å². The van der Waals surface area contributed by atoms with Crippen LogP contribution in [0.15, 0.2) is 6.07 Å². The number of hydrogen-bond donors (Lipinski definition) is 1. The maximum Gasteiger partial charge on any atom is 0.280 e. The number of alkyl halides is 3. The van der Waals surface area contributed by atoms with E-state index in [1.165, 1.54) is 0 Å². The highest BCUT2D eigenvalue weighted by molar-refractivity contribution is 6.31. The van der Waals surface area contributed by atoms with Crippen molar-refractivity contribution in [2.45, 2.75) is 18.9 Å². The molecule has 78 valence electrons. The topological polar surface area (TPSA) is 33.1 Å². The highest BCUT2D eigenvalue weighted by atomic mass is 35.5. The summed E-state index contributed by atoms with van der Waals surface area (Å²) in [4.78, 5) is 3.47. The van der Waals surface area contributed by atoms with Gasteiger partial charge in [-0.05, 0) is 11.6 Å². The van der Waals surface area contributed by atoms with Crippen molar-refractivity contribution >= 4 is 23.2 Å². The molecule has 0 radical (unpaired) electrons. The quantitative estimate of drug-likeness (QED) is 0.652. The van der Waals surface area contributed by atoms with Crippen LogP contribution in [-0.2, 0) is 12.5 Å². The smallest absolute Gasteiger partial charge is 0.280 e. The van der Waals surface area contributed by atoms with E-state index < -0.39 is 12.1 Å². The molecule has 0 amide bonds. The van der Waals surface area contributed by atoms with Crippen molar-refractivity contribution in [1.82, 2.24) is 4.98 Å². The van der Waals surface area contributed by atoms with Crippen molar-refractivity contribution in [1.29, 1.82) is 0 Å². The molecule has 1 heterocycles. The Morgan fingerprint density at radius 1 is 1.50 bits per heavy atom. The minimum absolute atomic E-state index is 0.0330. The third kappa shape index (κ3) is 2.32. The molecule has 2 nitrogen and oxygen atoms in total. The van der Waals surface area contributed by atoms with E-state index in [1.807, 2.05) is 0 Å². The molecule has 6 heteroatoms. The average Bonchev–Trinajstić information content (AvgIpc) is 2.16. The van der Waals surface area contributed by atoms with E-state index in [2.05, 4.69) is 4.98 Å². The molecule has 1 rings (SSSR count). The van der Waals surface area contributed by atoms with E-state index in [0.717, 1.165) is 6.07 Å². The Morgan fingerprint density at radius 3 is 2.57 bits per heavy atom. The number of aliphatic hydroxyl groups is 1. The van der Waals surface area contributed by atoms with Crippen LogP contribution < -0.4 is 0 Å². The van der Waals surface area contributed by atoms with Gasteiger partial charge in [0, 0.05) is 5.56 Å². The molecule has 0 aliphatic heterocycles. The molecule has 0 aromatic carbocycles. The predicted octanol–water partition coefficient (Wildman–Crippen LogP) is 2.90. The lowest BCUT2D eigenvalue weighted by Gasteiger charge is -2.08. The molecule has 0 spiro atoms. The van der Waals surface area contributed by atoms with Crippen molar-refractivity contribution in [2.75, 3.05) is 0 Å².